The molecule has 1 aliphatic heterocycles. The van der Waals surface area contributed by atoms with Gasteiger partial charge in [0.2, 0.25) is 0 Å². The van der Waals surface area contributed by atoms with E-state index in [4.69, 9.17) is 4.74 Å². The van der Waals surface area contributed by atoms with Crippen molar-refractivity contribution in [2.24, 2.45) is 0 Å². The quantitative estimate of drug-likeness (QED) is 0.660. The maximum absolute atomic E-state index is 13.4. The Morgan fingerprint density at radius 3 is 3.07 bits per heavy atom. The molecule has 1 fully saturated rings. The highest BCUT2D eigenvalue weighted by molar-refractivity contribution is 7.20. The molecule has 1 unspecified atom stereocenters. The van der Waals surface area contributed by atoms with Gasteiger partial charge in [-0.1, -0.05) is 12.1 Å². The van der Waals surface area contributed by atoms with Crippen LogP contribution in [-0.4, -0.2) is 35.1 Å². The summed E-state index contributed by atoms with van der Waals surface area (Å²) in [6, 6.07) is 6.42. The van der Waals surface area contributed by atoms with E-state index in [2.05, 4.69) is 20.6 Å². The van der Waals surface area contributed by atoms with Crippen LogP contribution in [0.1, 0.15) is 33.6 Å². The first kappa shape index (κ1) is 18.8. The fourth-order valence-corrected chi connectivity index (χ4v) is 4.41. The number of carbonyl (C=O) groups is 1. The number of aryl methyl sites for hydroxylation is 1. The molecule has 146 valence electrons. The van der Waals surface area contributed by atoms with E-state index in [1.54, 1.807) is 6.07 Å². The Morgan fingerprint density at radius 1 is 1.39 bits per heavy atom. The first-order valence-corrected chi connectivity index (χ1v) is 10.1. The van der Waals surface area contributed by atoms with Crippen molar-refractivity contribution < 1.29 is 13.9 Å². The SMILES string of the molecule is Cc1c(C(=O)NCC2CCCO2)sc2ncnc(NCc3cccc(F)c3)c12. The number of nitrogens with one attached hydrogen (secondary N) is 2. The Bertz CT molecular complexity index is 1000. The number of thiophene rings is 1. The molecule has 1 aliphatic rings. The van der Waals surface area contributed by atoms with Gasteiger partial charge in [0, 0.05) is 19.7 Å². The number of ether oxygens (including phenoxy) is 1. The molecule has 3 aromatic rings. The summed E-state index contributed by atoms with van der Waals surface area (Å²) in [5.74, 6) is 0.248. The summed E-state index contributed by atoms with van der Waals surface area (Å²) in [5, 5.41) is 7.03. The Hall–Kier alpha value is -2.58. The van der Waals surface area contributed by atoms with Gasteiger partial charge in [0.15, 0.2) is 0 Å². The molecule has 1 aromatic carbocycles. The van der Waals surface area contributed by atoms with E-state index in [0.717, 1.165) is 40.8 Å². The summed E-state index contributed by atoms with van der Waals surface area (Å²) in [4.78, 5) is 22.7. The predicted molar refractivity (Wildman–Crippen MR) is 107 cm³/mol. The number of nitrogens with zero attached hydrogens (tertiary/aromatic N) is 2. The molecule has 1 atom stereocenters. The Balaban J connectivity index is 1.53. The third kappa shape index (κ3) is 3.98. The molecule has 6 nitrogen and oxygen atoms in total. The largest absolute Gasteiger partial charge is 0.376 e. The first-order valence-electron chi connectivity index (χ1n) is 9.24. The van der Waals surface area contributed by atoms with Crippen LogP contribution in [0.3, 0.4) is 0 Å². The molecule has 0 spiro atoms. The molecule has 0 aliphatic carbocycles. The van der Waals surface area contributed by atoms with Gasteiger partial charge in [-0.2, -0.15) is 0 Å². The van der Waals surface area contributed by atoms with Gasteiger partial charge in [-0.3, -0.25) is 4.79 Å². The second kappa shape index (κ2) is 8.20. The van der Waals surface area contributed by atoms with Gasteiger partial charge in [0.05, 0.1) is 16.4 Å². The topological polar surface area (TPSA) is 76.1 Å². The summed E-state index contributed by atoms with van der Waals surface area (Å²) in [6.45, 7) is 3.61. The maximum atomic E-state index is 13.4. The summed E-state index contributed by atoms with van der Waals surface area (Å²) in [5.41, 5.74) is 1.65. The van der Waals surface area contributed by atoms with Gasteiger partial charge in [-0.05, 0) is 43.0 Å². The van der Waals surface area contributed by atoms with E-state index in [1.807, 2.05) is 13.0 Å². The second-order valence-electron chi connectivity index (χ2n) is 6.79. The average molecular weight is 400 g/mol. The molecule has 1 saturated heterocycles. The number of aromatic nitrogens is 2. The molecule has 2 aromatic heterocycles. The molecule has 2 N–H and O–H groups in total. The molecule has 8 heteroatoms. The fraction of sp³-hybridized carbons (Fsp3) is 0.350. The standard InChI is InChI=1S/C20H21FN4O2S/c1-12-16-18(22-9-13-4-2-5-14(21)8-13)24-11-25-20(16)28-17(12)19(26)23-10-15-6-3-7-27-15/h2,4-5,8,11,15H,3,6-7,9-10H2,1H3,(H,23,26)(H,22,24,25). The fourth-order valence-electron chi connectivity index (χ4n) is 3.35. The van der Waals surface area contributed by atoms with Crippen LogP contribution in [0, 0.1) is 12.7 Å². The lowest BCUT2D eigenvalue weighted by Crippen LogP contribution is -2.31. The molecule has 3 heterocycles. The monoisotopic (exact) mass is 400 g/mol. The minimum absolute atomic E-state index is 0.0990. The van der Waals surface area contributed by atoms with Crippen molar-refractivity contribution in [1.82, 2.24) is 15.3 Å². The van der Waals surface area contributed by atoms with E-state index >= 15 is 0 Å². The zero-order valence-electron chi connectivity index (χ0n) is 15.5. The minimum Gasteiger partial charge on any atom is -0.376 e. The minimum atomic E-state index is -0.274. The second-order valence-corrected chi connectivity index (χ2v) is 7.79. The maximum Gasteiger partial charge on any atom is 0.261 e. The number of anilines is 1. The molecule has 4 rings (SSSR count). The number of benzene rings is 1. The number of hydrogen-bond acceptors (Lipinski definition) is 6. The lowest BCUT2D eigenvalue weighted by Gasteiger charge is -2.10. The molecule has 0 radical (unpaired) electrons. The normalized spacial score (nSPS) is 16.4. The average Bonchev–Trinajstić information content (AvgIpc) is 3.33. The van der Waals surface area contributed by atoms with E-state index in [-0.39, 0.29) is 17.8 Å². The number of amides is 1. The van der Waals surface area contributed by atoms with Gasteiger partial charge in [-0.15, -0.1) is 11.3 Å². The van der Waals surface area contributed by atoms with Crippen molar-refractivity contribution in [3.63, 3.8) is 0 Å². The van der Waals surface area contributed by atoms with E-state index in [9.17, 15) is 9.18 Å². The molecular weight excluding hydrogens is 379 g/mol. The van der Waals surface area contributed by atoms with Crippen molar-refractivity contribution in [3.8, 4) is 0 Å². The lowest BCUT2D eigenvalue weighted by molar-refractivity contribution is 0.0860. The third-order valence-electron chi connectivity index (χ3n) is 4.80. The van der Waals surface area contributed by atoms with Crippen molar-refractivity contribution in [3.05, 3.63) is 52.4 Å². The van der Waals surface area contributed by atoms with Crippen LogP contribution >= 0.6 is 11.3 Å². The van der Waals surface area contributed by atoms with Crippen LogP contribution in [0.5, 0.6) is 0 Å². The van der Waals surface area contributed by atoms with Gasteiger partial charge in [0.1, 0.15) is 22.8 Å². The first-order chi connectivity index (χ1) is 13.6. The Kier molecular flexibility index (Phi) is 5.50. The van der Waals surface area contributed by atoms with Crippen LogP contribution in [-0.2, 0) is 11.3 Å². The highest BCUT2D eigenvalue weighted by atomic mass is 32.1. The summed E-state index contributed by atoms with van der Waals surface area (Å²) < 4.78 is 18.9. The molecular formula is C20H21FN4O2S. The van der Waals surface area contributed by atoms with Crippen LogP contribution in [0.4, 0.5) is 10.2 Å². The number of halogens is 1. The van der Waals surface area contributed by atoms with Crippen molar-refractivity contribution in [2.75, 3.05) is 18.5 Å². The Morgan fingerprint density at radius 2 is 2.29 bits per heavy atom. The number of carbonyl (C=O) groups excluding carboxylic acids is 1. The van der Waals surface area contributed by atoms with Crippen molar-refractivity contribution >= 4 is 33.3 Å². The third-order valence-corrected chi connectivity index (χ3v) is 5.99. The van der Waals surface area contributed by atoms with Gasteiger partial charge in [-0.25, -0.2) is 14.4 Å². The summed E-state index contributed by atoms with van der Waals surface area (Å²) in [7, 11) is 0. The van der Waals surface area contributed by atoms with Crippen LogP contribution in [0.25, 0.3) is 10.2 Å². The van der Waals surface area contributed by atoms with Gasteiger partial charge in [0.25, 0.3) is 5.91 Å². The van der Waals surface area contributed by atoms with Crippen LogP contribution in [0.2, 0.25) is 0 Å². The zero-order valence-corrected chi connectivity index (χ0v) is 16.3. The summed E-state index contributed by atoms with van der Waals surface area (Å²) in [6.07, 6.45) is 3.59. The Labute approximate surface area is 166 Å². The summed E-state index contributed by atoms with van der Waals surface area (Å²) >= 11 is 1.35. The molecule has 0 bridgehead atoms. The highest BCUT2D eigenvalue weighted by Crippen LogP contribution is 2.33. The van der Waals surface area contributed by atoms with Crippen LogP contribution in [0.15, 0.2) is 30.6 Å². The lowest BCUT2D eigenvalue weighted by atomic mass is 10.1. The molecule has 28 heavy (non-hydrogen) atoms. The number of fused-ring (bicyclic) bond motifs is 1. The van der Waals surface area contributed by atoms with Crippen LogP contribution < -0.4 is 10.6 Å². The predicted octanol–water partition coefficient (Wildman–Crippen LogP) is 3.66. The van der Waals surface area contributed by atoms with E-state index < -0.39 is 0 Å². The molecule has 1 amide bonds. The number of rotatable bonds is 6. The van der Waals surface area contributed by atoms with Crippen molar-refractivity contribution in [2.45, 2.75) is 32.4 Å². The van der Waals surface area contributed by atoms with Crippen molar-refractivity contribution in [1.29, 1.82) is 0 Å². The highest BCUT2D eigenvalue weighted by Gasteiger charge is 2.21. The number of hydrogen-bond donors (Lipinski definition) is 2. The van der Waals surface area contributed by atoms with E-state index in [0.29, 0.717) is 23.8 Å². The smallest absolute Gasteiger partial charge is 0.261 e. The zero-order chi connectivity index (χ0) is 19.5. The van der Waals surface area contributed by atoms with Gasteiger partial charge >= 0.3 is 0 Å². The van der Waals surface area contributed by atoms with Gasteiger partial charge < -0.3 is 15.4 Å². The van der Waals surface area contributed by atoms with E-state index in [1.165, 1.54) is 29.8 Å². The molecule has 0 saturated carbocycles.